The Morgan fingerprint density at radius 1 is 1.36 bits per heavy atom. The number of nitrogens with zero attached hydrogens (tertiary/aromatic N) is 2. The van der Waals surface area contributed by atoms with Crippen LogP contribution < -0.4 is 10.0 Å². The molecule has 0 spiro atoms. The fourth-order valence-electron chi connectivity index (χ4n) is 1.80. The van der Waals surface area contributed by atoms with Crippen LogP contribution in [0.1, 0.15) is 16.8 Å². The molecule has 9 nitrogen and oxygen atoms in total. The number of rotatable bonds is 6. The van der Waals surface area contributed by atoms with Gasteiger partial charge in [0, 0.05) is 13.0 Å². The molecule has 2 aromatic rings. The molecule has 0 saturated carbocycles. The Labute approximate surface area is 126 Å². The second kappa shape index (κ2) is 6.12. The summed E-state index contributed by atoms with van der Waals surface area (Å²) in [6, 6.07) is 3.08. The monoisotopic (exact) mass is 326 g/mol. The molecule has 1 amide bonds. The molecule has 2 aromatic heterocycles. The van der Waals surface area contributed by atoms with Crippen molar-refractivity contribution in [3.8, 4) is 0 Å². The third kappa shape index (κ3) is 4.02. The summed E-state index contributed by atoms with van der Waals surface area (Å²) in [7, 11) is -3.33. The SMILES string of the molecule is CS(=O)(=O)NCCC(=O)Nc1ccc2c(C(=O)O)cnn2c1. The molecular weight excluding hydrogens is 312 g/mol. The first-order valence-electron chi connectivity index (χ1n) is 6.21. The second-order valence-corrected chi connectivity index (χ2v) is 6.41. The second-order valence-electron chi connectivity index (χ2n) is 4.58. The minimum absolute atomic E-state index is 0.00214. The number of carbonyl (C=O) groups is 2. The maximum absolute atomic E-state index is 11.7. The predicted molar refractivity (Wildman–Crippen MR) is 78.2 cm³/mol. The molecule has 2 rings (SSSR count). The Hall–Kier alpha value is -2.46. The number of anilines is 1. The van der Waals surface area contributed by atoms with Gasteiger partial charge in [-0.25, -0.2) is 22.4 Å². The lowest BCUT2D eigenvalue weighted by atomic mass is 10.2. The summed E-state index contributed by atoms with van der Waals surface area (Å²) in [5.74, 6) is -1.46. The average molecular weight is 326 g/mol. The van der Waals surface area contributed by atoms with Crippen molar-refractivity contribution in [2.45, 2.75) is 6.42 Å². The van der Waals surface area contributed by atoms with Gasteiger partial charge in [0.05, 0.1) is 29.9 Å². The number of aromatic carboxylic acids is 1. The fourth-order valence-corrected chi connectivity index (χ4v) is 2.27. The van der Waals surface area contributed by atoms with E-state index in [1.807, 2.05) is 0 Å². The Balaban J connectivity index is 2.03. The molecule has 0 saturated heterocycles. The van der Waals surface area contributed by atoms with E-state index < -0.39 is 16.0 Å². The van der Waals surface area contributed by atoms with Crippen LogP contribution in [-0.2, 0) is 14.8 Å². The number of sulfonamides is 1. The number of aromatic nitrogens is 2. The molecule has 22 heavy (non-hydrogen) atoms. The van der Waals surface area contributed by atoms with Crippen LogP contribution in [0.5, 0.6) is 0 Å². The number of carboxylic acids is 1. The number of carbonyl (C=O) groups excluding carboxylic acids is 1. The van der Waals surface area contributed by atoms with Crippen LogP contribution >= 0.6 is 0 Å². The largest absolute Gasteiger partial charge is 0.478 e. The molecule has 0 bridgehead atoms. The Morgan fingerprint density at radius 2 is 2.09 bits per heavy atom. The van der Waals surface area contributed by atoms with Gasteiger partial charge in [0.1, 0.15) is 5.56 Å². The van der Waals surface area contributed by atoms with Crippen LogP contribution in [-0.4, -0.2) is 47.8 Å². The summed E-state index contributed by atoms with van der Waals surface area (Å²) in [5, 5.41) is 15.4. The van der Waals surface area contributed by atoms with Crippen molar-refractivity contribution in [1.82, 2.24) is 14.3 Å². The molecule has 3 N–H and O–H groups in total. The predicted octanol–water partition coefficient (Wildman–Crippen LogP) is -0.0897. The maximum Gasteiger partial charge on any atom is 0.339 e. The van der Waals surface area contributed by atoms with Crippen LogP contribution in [0.2, 0.25) is 0 Å². The number of nitrogens with one attached hydrogen (secondary N) is 2. The number of hydrogen-bond acceptors (Lipinski definition) is 5. The van der Waals surface area contributed by atoms with E-state index in [1.54, 1.807) is 6.07 Å². The van der Waals surface area contributed by atoms with Crippen molar-refractivity contribution in [3.63, 3.8) is 0 Å². The molecule has 0 atom stereocenters. The van der Waals surface area contributed by atoms with Crippen LogP contribution in [0.4, 0.5) is 5.69 Å². The molecule has 2 heterocycles. The number of pyridine rings is 1. The normalized spacial score (nSPS) is 11.5. The topological polar surface area (TPSA) is 130 Å². The Kier molecular flexibility index (Phi) is 4.43. The van der Waals surface area contributed by atoms with E-state index in [2.05, 4.69) is 15.1 Å². The van der Waals surface area contributed by atoms with E-state index in [9.17, 15) is 18.0 Å². The molecule has 0 aliphatic carbocycles. The van der Waals surface area contributed by atoms with Crippen molar-refractivity contribution in [2.24, 2.45) is 0 Å². The van der Waals surface area contributed by atoms with Crippen molar-refractivity contribution in [1.29, 1.82) is 0 Å². The standard InChI is InChI=1S/C12H14N4O5S/c1-22(20,21)14-5-4-11(17)15-8-2-3-10-9(12(18)19)6-13-16(10)7-8/h2-3,6-7,14H,4-5H2,1H3,(H,15,17)(H,18,19). The highest BCUT2D eigenvalue weighted by molar-refractivity contribution is 7.88. The zero-order valence-electron chi connectivity index (χ0n) is 11.6. The van der Waals surface area contributed by atoms with E-state index in [-0.39, 0.29) is 24.4 Å². The molecule has 10 heteroatoms. The maximum atomic E-state index is 11.7. The van der Waals surface area contributed by atoms with Gasteiger partial charge in [-0.05, 0) is 12.1 Å². The van der Waals surface area contributed by atoms with Gasteiger partial charge in [0.15, 0.2) is 0 Å². The van der Waals surface area contributed by atoms with E-state index in [0.29, 0.717) is 11.2 Å². The summed E-state index contributed by atoms with van der Waals surface area (Å²) in [6.45, 7) is -0.00214. The summed E-state index contributed by atoms with van der Waals surface area (Å²) in [4.78, 5) is 22.6. The summed E-state index contributed by atoms with van der Waals surface area (Å²) in [5.41, 5.74) is 0.899. The minimum atomic E-state index is -3.33. The molecule has 0 radical (unpaired) electrons. The van der Waals surface area contributed by atoms with E-state index in [4.69, 9.17) is 5.11 Å². The van der Waals surface area contributed by atoms with E-state index in [0.717, 1.165) is 6.26 Å². The van der Waals surface area contributed by atoms with Crippen molar-refractivity contribution in [2.75, 3.05) is 18.1 Å². The molecule has 0 fully saturated rings. The quantitative estimate of drug-likeness (QED) is 0.680. The first kappa shape index (κ1) is 15.9. The van der Waals surface area contributed by atoms with Gasteiger partial charge in [-0.15, -0.1) is 0 Å². The molecule has 118 valence electrons. The van der Waals surface area contributed by atoms with Gasteiger partial charge in [-0.2, -0.15) is 5.10 Å². The highest BCUT2D eigenvalue weighted by Gasteiger charge is 2.12. The van der Waals surface area contributed by atoms with Crippen LogP contribution in [0.15, 0.2) is 24.5 Å². The van der Waals surface area contributed by atoms with Crippen LogP contribution in [0.3, 0.4) is 0 Å². The third-order valence-electron chi connectivity index (χ3n) is 2.75. The van der Waals surface area contributed by atoms with Crippen LogP contribution in [0, 0.1) is 0 Å². The lowest BCUT2D eigenvalue weighted by molar-refractivity contribution is -0.116. The van der Waals surface area contributed by atoms with Crippen LogP contribution in [0.25, 0.3) is 5.52 Å². The zero-order chi connectivity index (χ0) is 16.3. The highest BCUT2D eigenvalue weighted by atomic mass is 32.2. The lowest BCUT2D eigenvalue weighted by Gasteiger charge is -2.06. The first-order valence-corrected chi connectivity index (χ1v) is 8.10. The number of carboxylic acid groups (broad SMARTS) is 1. The van der Waals surface area contributed by atoms with Crippen molar-refractivity contribution >= 4 is 33.1 Å². The van der Waals surface area contributed by atoms with Crippen molar-refractivity contribution < 1.29 is 23.1 Å². The number of amides is 1. The smallest absolute Gasteiger partial charge is 0.339 e. The van der Waals surface area contributed by atoms with E-state index >= 15 is 0 Å². The molecule has 0 aliphatic heterocycles. The molecule has 0 aromatic carbocycles. The first-order chi connectivity index (χ1) is 10.3. The van der Waals surface area contributed by atoms with Gasteiger partial charge in [0.25, 0.3) is 0 Å². The minimum Gasteiger partial charge on any atom is -0.478 e. The summed E-state index contributed by atoms with van der Waals surface area (Å²) < 4.78 is 25.3. The summed E-state index contributed by atoms with van der Waals surface area (Å²) in [6.07, 6.45) is 3.68. The van der Waals surface area contributed by atoms with Gasteiger partial charge in [-0.3, -0.25) is 4.79 Å². The zero-order valence-corrected chi connectivity index (χ0v) is 12.4. The van der Waals surface area contributed by atoms with Gasteiger partial charge in [0.2, 0.25) is 15.9 Å². The number of fused-ring (bicyclic) bond motifs is 1. The summed E-state index contributed by atoms with van der Waals surface area (Å²) >= 11 is 0. The highest BCUT2D eigenvalue weighted by Crippen LogP contribution is 2.15. The van der Waals surface area contributed by atoms with E-state index in [1.165, 1.54) is 23.0 Å². The third-order valence-corrected chi connectivity index (χ3v) is 3.48. The van der Waals surface area contributed by atoms with Crippen molar-refractivity contribution in [3.05, 3.63) is 30.1 Å². The molecule has 0 unspecified atom stereocenters. The fraction of sp³-hybridized carbons (Fsp3) is 0.250. The average Bonchev–Trinajstić information content (AvgIpc) is 2.80. The molecule has 0 aliphatic rings. The lowest BCUT2D eigenvalue weighted by Crippen LogP contribution is -2.26. The molecular formula is C12H14N4O5S. The van der Waals surface area contributed by atoms with Gasteiger partial charge < -0.3 is 10.4 Å². The number of hydrogen-bond donors (Lipinski definition) is 3. The Bertz CT molecular complexity index is 827. The Morgan fingerprint density at radius 3 is 2.73 bits per heavy atom. The van der Waals surface area contributed by atoms with Gasteiger partial charge >= 0.3 is 5.97 Å². The van der Waals surface area contributed by atoms with Gasteiger partial charge in [-0.1, -0.05) is 0 Å².